The number of aliphatic hydroxyl groups is 1. The Labute approximate surface area is 89.8 Å². The summed E-state index contributed by atoms with van der Waals surface area (Å²) in [4.78, 5) is 3.62. The lowest BCUT2D eigenvalue weighted by Crippen LogP contribution is -1.85. The third kappa shape index (κ3) is 13.8. The van der Waals surface area contributed by atoms with Gasteiger partial charge in [-0.25, -0.2) is 0 Å². The summed E-state index contributed by atoms with van der Waals surface area (Å²) in [6, 6.07) is 0. The van der Waals surface area contributed by atoms with Crippen molar-refractivity contribution in [2.24, 2.45) is 4.99 Å². The first-order valence-corrected chi connectivity index (χ1v) is 5.57. The molecule has 0 bridgehead atoms. The molecule has 0 aliphatic heterocycles. The molecule has 0 aliphatic carbocycles. The summed E-state index contributed by atoms with van der Waals surface area (Å²) >= 11 is 0. The molecule has 0 fully saturated rings. The summed E-state index contributed by atoms with van der Waals surface area (Å²) in [6.45, 7) is 15.2. The quantitative estimate of drug-likeness (QED) is 0.518. The lowest BCUT2D eigenvalue weighted by molar-refractivity contribution is 0.375. The molecule has 0 saturated heterocycles. The number of nitrogens with zero attached hydrogens (tertiary/aromatic N) is 1. The Morgan fingerprint density at radius 3 is 1.93 bits per heavy atom. The van der Waals surface area contributed by atoms with Crippen LogP contribution in [0.4, 0.5) is 0 Å². The van der Waals surface area contributed by atoms with Crippen molar-refractivity contribution in [3.05, 3.63) is 11.5 Å². The van der Waals surface area contributed by atoms with Crippen molar-refractivity contribution in [2.75, 3.05) is 0 Å². The first-order chi connectivity index (χ1) is 6.72. The molecule has 14 heavy (non-hydrogen) atoms. The highest BCUT2D eigenvalue weighted by molar-refractivity contribution is 5.28. The van der Waals surface area contributed by atoms with E-state index >= 15 is 0 Å². The molecule has 0 aliphatic rings. The number of hydrogen-bond donors (Lipinski definition) is 1. The lowest BCUT2D eigenvalue weighted by Gasteiger charge is -1.99. The highest BCUT2D eigenvalue weighted by Gasteiger charge is 1.95. The van der Waals surface area contributed by atoms with Gasteiger partial charge in [-0.1, -0.05) is 41.0 Å². The molecular formula is C12H27NO. The predicted octanol–water partition coefficient (Wildman–Crippen LogP) is 4.72. The lowest BCUT2D eigenvalue weighted by atomic mass is 10.2. The van der Waals surface area contributed by atoms with Crippen LogP contribution in [0.25, 0.3) is 0 Å². The number of unbranched alkanes of at least 4 members (excludes halogenated alkanes) is 1. The molecule has 0 aromatic carbocycles. The van der Waals surface area contributed by atoms with E-state index in [0.29, 0.717) is 11.5 Å². The highest BCUT2D eigenvalue weighted by atomic mass is 16.3. The first kappa shape index (κ1) is 18.9. The van der Waals surface area contributed by atoms with Gasteiger partial charge in [0.15, 0.2) is 0 Å². The first-order valence-electron chi connectivity index (χ1n) is 5.57. The van der Waals surface area contributed by atoms with Crippen LogP contribution in [0.3, 0.4) is 0 Å². The summed E-state index contributed by atoms with van der Waals surface area (Å²) in [5.74, 6) is 0.372. The van der Waals surface area contributed by atoms with Crippen LogP contribution < -0.4 is 0 Å². The molecule has 0 rings (SSSR count). The molecule has 1 N–H and O–H groups in total. The Balaban J connectivity index is -0.000000266. The normalized spacial score (nSPS) is 9.86. The van der Waals surface area contributed by atoms with Gasteiger partial charge in [0.2, 0.25) is 0 Å². The van der Waals surface area contributed by atoms with Crippen molar-refractivity contribution in [1.82, 2.24) is 0 Å². The minimum atomic E-state index is 0.372. The number of hydrogen-bond acceptors (Lipinski definition) is 2. The SMILES string of the molecule is C=N/C(C)=C(\O)CCCC.CC.CC. The topological polar surface area (TPSA) is 32.6 Å². The van der Waals surface area contributed by atoms with Gasteiger partial charge in [0.25, 0.3) is 0 Å². The van der Waals surface area contributed by atoms with Gasteiger partial charge in [0, 0.05) is 6.42 Å². The zero-order chi connectivity index (χ0) is 12.0. The summed E-state index contributed by atoms with van der Waals surface area (Å²) in [7, 11) is 0. The summed E-state index contributed by atoms with van der Waals surface area (Å²) in [5.41, 5.74) is 0.647. The molecule has 0 saturated carbocycles. The van der Waals surface area contributed by atoms with Crippen LogP contribution in [0.5, 0.6) is 0 Å². The van der Waals surface area contributed by atoms with Crippen LogP contribution in [0.2, 0.25) is 0 Å². The molecule has 0 aromatic heterocycles. The molecule has 0 atom stereocenters. The number of allylic oxidation sites excluding steroid dienone is 2. The molecular weight excluding hydrogens is 174 g/mol. The van der Waals surface area contributed by atoms with Gasteiger partial charge in [-0.05, 0) is 20.1 Å². The molecule has 0 amide bonds. The molecule has 0 radical (unpaired) electrons. The van der Waals surface area contributed by atoms with E-state index in [4.69, 9.17) is 0 Å². The fraction of sp³-hybridized carbons (Fsp3) is 0.750. The van der Waals surface area contributed by atoms with Crippen molar-refractivity contribution >= 4 is 6.72 Å². The summed E-state index contributed by atoms with van der Waals surface area (Å²) < 4.78 is 0. The third-order valence-electron chi connectivity index (χ3n) is 1.42. The van der Waals surface area contributed by atoms with Gasteiger partial charge in [0.1, 0.15) is 5.76 Å². The van der Waals surface area contributed by atoms with Gasteiger partial charge in [-0.2, -0.15) is 0 Å². The van der Waals surface area contributed by atoms with E-state index in [2.05, 4.69) is 18.6 Å². The minimum absolute atomic E-state index is 0.372. The van der Waals surface area contributed by atoms with E-state index in [1.54, 1.807) is 6.92 Å². The standard InChI is InChI=1S/C8H15NO.2C2H6/c1-4-5-6-8(10)7(2)9-3;2*1-2/h10H,3-6H2,1-2H3;2*1-2H3/b8-7-;;. The average Bonchev–Trinajstić information content (AvgIpc) is 2.30. The van der Waals surface area contributed by atoms with Crippen molar-refractivity contribution in [3.8, 4) is 0 Å². The molecule has 0 unspecified atom stereocenters. The maximum absolute atomic E-state index is 9.19. The number of aliphatic hydroxyl groups excluding tert-OH is 1. The van der Waals surface area contributed by atoms with Crippen LogP contribution in [0.1, 0.15) is 60.8 Å². The largest absolute Gasteiger partial charge is 0.510 e. The Bertz CT molecular complexity index is 139. The Morgan fingerprint density at radius 1 is 1.21 bits per heavy atom. The van der Waals surface area contributed by atoms with E-state index in [0.717, 1.165) is 19.3 Å². The van der Waals surface area contributed by atoms with Crippen LogP contribution >= 0.6 is 0 Å². The second-order valence-corrected chi connectivity index (χ2v) is 2.29. The van der Waals surface area contributed by atoms with Crippen molar-refractivity contribution in [1.29, 1.82) is 0 Å². The fourth-order valence-electron chi connectivity index (χ4n) is 0.616. The van der Waals surface area contributed by atoms with Gasteiger partial charge in [-0.15, -0.1) is 0 Å². The van der Waals surface area contributed by atoms with E-state index in [1.807, 2.05) is 27.7 Å². The maximum atomic E-state index is 9.19. The monoisotopic (exact) mass is 201 g/mol. The molecule has 2 nitrogen and oxygen atoms in total. The zero-order valence-corrected chi connectivity index (χ0v) is 10.7. The number of aliphatic imine (C=N–C) groups is 1. The van der Waals surface area contributed by atoms with Crippen molar-refractivity contribution in [2.45, 2.75) is 60.8 Å². The van der Waals surface area contributed by atoms with E-state index < -0.39 is 0 Å². The van der Waals surface area contributed by atoms with Crippen LogP contribution in [-0.4, -0.2) is 11.8 Å². The molecule has 2 heteroatoms. The predicted molar refractivity (Wildman–Crippen MR) is 67.1 cm³/mol. The van der Waals surface area contributed by atoms with Gasteiger partial charge >= 0.3 is 0 Å². The highest BCUT2D eigenvalue weighted by Crippen LogP contribution is 2.09. The Morgan fingerprint density at radius 2 is 1.64 bits per heavy atom. The Kier molecular flexibility index (Phi) is 24.4. The van der Waals surface area contributed by atoms with Crippen LogP contribution in [0, 0.1) is 0 Å². The fourth-order valence-corrected chi connectivity index (χ4v) is 0.616. The Hall–Kier alpha value is -0.790. The molecule has 0 aromatic rings. The van der Waals surface area contributed by atoms with Gasteiger partial charge in [0.05, 0.1) is 5.70 Å². The third-order valence-corrected chi connectivity index (χ3v) is 1.42. The maximum Gasteiger partial charge on any atom is 0.113 e. The van der Waals surface area contributed by atoms with E-state index in [-0.39, 0.29) is 0 Å². The van der Waals surface area contributed by atoms with E-state index in [1.165, 1.54) is 0 Å². The van der Waals surface area contributed by atoms with Crippen LogP contribution in [-0.2, 0) is 0 Å². The van der Waals surface area contributed by atoms with E-state index in [9.17, 15) is 5.11 Å². The second kappa shape index (κ2) is 18.1. The second-order valence-electron chi connectivity index (χ2n) is 2.29. The van der Waals surface area contributed by atoms with Gasteiger partial charge < -0.3 is 5.11 Å². The van der Waals surface area contributed by atoms with Crippen molar-refractivity contribution in [3.63, 3.8) is 0 Å². The zero-order valence-electron chi connectivity index (χ0n) is 10.7. The smallest absolute Gasteiger partial charge is 0.113 e. The summed E-state index contributed by atoms with van der Waals surface area (Å²) in [5, 5.41) is 9.19. The molecule has 0 heterocycles. The average molecular weight is 201 g/mol. The van der Waals surface area contributed by atoms with Crippen molar-refractivity contribution < 1.29 is 5.11 Å². The molecule has 0 spiro atoms. The summed E-state index contributed by atoms with van der Waals surface area (Å²) in [6.07, 6.45) is 2.83. The van der Waals surface area contributed by atoms with Crippen LogP contribution in [0.15, 0.2) is 16.4 Å². The minimum Gasteiger partial charge on any atom is -0.510 e. The number of rotatable bonds is 4. The van der Waals surface area contributed by atoms with Gasteiger partial charge in [-0.3, -0.25) is 4.99 Å². The molecule has 86 valence electrons.